The van der Waals surface area contributed by atoms with Crippen LogP contribution in [0.25, 0.3) is 0 Å². The van der Waals surface area contributed by atoms with Crippen LogP contribution in [0, 0.1) is 5.41 Å². The van der Waals surface area contributed by atoms with Crippen LogP contribution in [0.5, 0.6) is 0 Å². The topological polar surface area (TPSA) is 93.1 Å². The quantitative estimate of drug-likeness (QED) is 0.759. The third-order valence-electron chi connectivity index (χ3n) is 3.61. The van der Waals surface area contributed by atoms with Crippen LogP contribution < -0.4 is 10.0 Å². The normalized spacial score (nSPS) is 12.3. The Labute approximate surface area is 152 Å². The molecule has 0 saturated heterocycles. The lowest BCUT2D eigenvalue weighted by molar-refractivity contribution is -0.128. The molecule has 2 aromatic heterocycles. The van der Waals surface area contributed by atoms with Gasteiger partial charge in [0.25, 0.3) is 0 Å². The molecule has 0 aromatic carbocycles. The zero-order valence-corrected chi connectivity index (χ0v) is 16.5. The van der Waals surface area contributed by atoms with Crippen molar-refractivity contribution >= 4 is 27.3 Å². The second-order valence-electron chi connectivity index (χ2n) is 6.75. The molecule has 9 heteroatoms. The van der Waals surface area contributed by atoms with E-state index in [9.17, 15) is 13.2 Å². The average Bonchev–Trinajstić information content (AvgIpc) is 3.14. The minimum absolute atomic E-state index is 0.0188. The maximum atomic E-state index is 12.4. The van der Waals surface area contributed by atoms with Gasteiger partial charge < -0.3 is 5.32 Å². The van der Waals surface area contributed by atoms with Gasteiger partial charge in [-0.1, -0.05) is 20.8 Å². The van der Waals surface area contributed by atoms with E-state index in [0.29, 0.717) is 13.0 Å². The fourth-order valence-corrected chi connectivity index (χ4v) is 4.42. The van der Waals surface area contributed by atoms with E-state index in [0.717, 1.165) is 10.6 Å². The number of rotatable bonds is 7. The summed E-state index contributed by atoms with van der Waals surface area (Å²) < 4.78 is 29.2. The van der Waals surface area contributed by atoms with Gasteiger partial charge in [-0.15, -0.1) is 11.3 Å². The number of nitrogens with one attached hydrogen (secondary N) is 2. The number of hydrogen-bond donors (Lipinski definition) is 2. The van der Waals surface area contributed by atoms with Crippen molar-refractivity contribution in [1.29, 1.82) is 0 Å². The van der Waals surface area contributed by atoms with Gasteiger partial charge in [0.15, 0.2) is 0 Å². The standard InChI is InChI=1S/C16H24N4O3S2/c1-16(2,3)15(21)17-9-8-13-5-6-14(24-13)25(22,23)19-11-12-7-10-18-20(12)4/h5-7,10,19H,8-9,11H2,1-4H3,(H,17,21). The number of carbonyl (C=O) groups excluding carboxylic acids is 1. The Morgan fingerprint density at radius 3 is 2.60 bits per heavy atom. The summed E-state index contributed by atoms with van der Waals surface area (Å²) in [6, 6.07) is 5.14. The highest BCUT2D eigenvalue weighted by atomic mass is 32.2. The Bertz CT molecular complexity index is 832. The molecule has 7 nitrogen and oxygen atoms in total. The molecule has 0 atom stereocenters. The van der Waals surface area contributed by atoms with Crippen LogP contribution in [0.3, 0.4) is 0 Å². The lowest BCUT2D eigenvalue weighted by Gasteiger charge is -2.17. The Kier molecular flexibility index (Phi) is 6.02. The molecular weight excluding hydrogens is 360 g/mol. The van der Waals surface area contributed by atoms with Crippen molar-refractivity contribution in [2.45, 2.75) is 37.9 Å². The van der Waals surface area contributed by atoms with Crippen molar-refractivity contribution in [2.75, 3.05) is 6.54 Å². The Morgan fingerprint density at radius 1 is 1.28 bits per heavy atom. The highest BCUT2D eigenvalue weighted by Gasteiger charge is 2.21. The van der Waals surface area contributed by atoms with Crippen molar-refractivity contribution in [3.63, 3.8) is 0 Å². The first-order chi connectivity index (χ1) is 11.6. The van der Waals surface area contributed by atoms with Crippen molar-refractivity contribution in [3.8, 4) is 0 Å². The lowest BCUT2D eigenvalue weighted by atomic mass is 9.96. The molecule has 2 N–H and O–H groups in total. The number of aryl methyl sites for hydroxylation is 1. The first-order valence-corrected chi connectivity index (χ1v) is 10.2. The SMILES string of the molecule is Cn1nccc1CNS(=O)(=O)c1ccc(CCNC(=O)C(C)(C)C)s1. The second kappa shape index (κ2) is 7.67. The van der Waals surface area contributed by atoms with Crippen LogP contribution >= 0.6 is 11.3 Å². The fourth-order valence-electron chi connectivity index (χ4n) is 2.02. The number of amides is 1. The second-order valence-corrected chi connectivity index (χ2v) is 9.91. The van der Waals surface area contributed by atoms with E-state index < -0.39 is 15.4 Å². The van der Waals surface area contributed by atoms with Gasteiger partial charge in [0.1, 0.15) is 4.21 Å². The predicted molar refractivity (Wildman–Crippen MR) is 97.7 cm³/mol. The summed E-state index contributed by atoms with van der Waals surface area (Å²) in [7, 11) is -1.79. The van der Waals surface area contributed by atoms with Gasteiger partial charge in [0, 0.05) is 30.1 Å². The summed E-state index contributed by atoms with van der Waals surface area (Å²) in [4.78, 5) is 12.7. The minimum Gasteiger partial charge on any atom is -0.355 e. The fraction of sp³-hybridized carbons (Fsp3) is 0.500. The number of aromatic nitrogens is 2. The zero-order valence-electron chi connectivity index (χ0n) is 14.9. The maximum Gasteiger partial charge on any atom is 0.250 e. The molecule has 0 aliphatic heterocycles. The van der Waals surface area contributed by atoms with Crippen LogP contribution in [-0.2, 0) is 34.8 Å². The highest BCUT2D eigenvalue weighted by Crippen LogP contribution is 2.22. The summed E-state index contributed by atoms with van der Waals surface area (Å²) in [5, 5.41) is 6.87. The summed E-state index contributed by atoms with van der Waals surface area (Å²) in [6.45, 7) is 6.23. The number of nitrogens with zero attached hydrogens (tertiary/aromatic N) is 2. The lowest BCUT2D eigenvalue weighted by Crippen LogP contribution is -2.35. The van der Waals surface area contributed by atoms with E-state index in [2.05, 4.69) is 15.1 Å². The predicted octanol–water partition coefficient (Wildman–Crippen LogP) is 1.66. The average molecular weight is 385 g/mol. The van der Waals surface area contributed by atoms with Crippen molar-refractivity contribution in [3.05, 3.63) is 35.0 Å². The third-order valence-corrected chi connectivity index (χ3v) is 6.64. The van der Waals surface area contributed by atoms with E-state index in [4.69, 9.17) is 0 Å². The zero-order chi connectivity index (χ0) is 18.7. The minimum atomic E-state index is -3.56. The smallest absolute Gasteiger partial charge is 0.250 e. The molecule has 0 fully saturated rings. The summed E-state index contributed by atoms with van der Waals surface area (Å²) >= 11 is 1.22. The first-order valence-electron chi connectivity index (χ1n) is 7.93. The Morgan fingerprint density at radius 2 is 2.00 bits per heavy atom. The van der Waals surface area contributed by atoms with Crippen LogP contribution in [0.4, 0.5) is 0 Å². The number of sulfonamides is 1. The van der Waals surface area contributed by atoms with Crippen LogP contribution in [0.1, 0.15) is 31.3 Å². The van der Waals surface area contributed by atoms with E-state index in [-0.39, 0.29) is 16.7 Å². The van der Waals surface area contributed by atoms with E-state index in [1.807, 2.05) is 20.8 Å². The third kappa shape index (κ3) is 5.38. The molecule has 0 saturated carbocycles. The Hall–Kier alpha value is -1.71. The molecule has 0 unspecified atom stereocenters. The molecule has 2 aromatic rings. The van der Waals surface area contributed by atoms with Gasteiger partial charge >= 0.3 is 0 Å². The number of thiophene rings is 1. The van der Waals surface area contributed by atoms with Gasteiger partial charge in [-0.3, -0.25) is 9.48 Å². The van der Waals surface area contributed by atoms with Crippen LogP contribution in [-0.4, -0.2) is 30.7 Å². The maximum absolute atomic E-state index is 12.4. The Balaban J connectivity index is 1.91. The molecule has 2 rings (SSSR count). The van der Waals surface area contributed by atoms with Crippen LogP contribution in [0.2, 0.25) is 0 Å². The molecular formula is C16H24N4O3S2. The molecule has 0 spiro atoms. The van der Waals surface area contributed by atoms with Gasteiger partial charge in [-0.2, -0.15) is 5.10 Å². The molecule has 2 heterocycles. The van der Waals surface area contributed by atoms with Crippen molar-refractivity contribution < 1.29 is 13.2 Å². The highest BCUT2D eigenvalue weighted by molar-refractivity contribution is 7.91. The summed E-state index contributed by atoms with van der Waals surface area (Å²) in [6.07, 6.45) is 2.22. The first kappa shape index (κ1) is 19.6. The molecule has 25 heavy (non-hydrogen) atoms. The summed E-state index contributed by atoms with van der Waals surface area (Å²) in [5.74, 6) is -0.0188. The summed E-state index contributed by atoms with van der Waals surface area (Å²) in [5.41, 5.74) is 0.352. The largest absolute Gasteiger partial charge is 0.355 e. The van der Waals surface area contributed by atoms with Crippen molar-refractivity contribution in [2.24, 2.45) is 12.5 Å². The molecule has 0 bridgehead atoms. The van der Waals surface area contributed by atoms with Crippen LogP contribution in [0.15, 0.2) is 28.6 Å². The molecule has 1 amide bonds. The van der Waals surface area contributed by atoms with Gasteiger partial charge in [-0.05, 0) is 24.6 Å². The number of hydrogen-bond acceptors (Lipinski definition) is 5. The molecule has 0 aliphatic carbocycles. The van der Waals surface area contributed by atoms with Crippen molar-refractivity contribution in [1.82, 2.24) is 19.8 Å². The molecule has 138 valence electrons. The molecule has 0 aliphatic rings. The monoisotopic (exact) mass is 384 g/mol. The van der Waals surface area contributed by atoms with E-state index in [1.165, 1.54) is 11.3 Å². The van der Waals surface area contributed by atoms with Gasteiger partial charge in [0.2, 0.25) is 15.9 Å². The number of carbonyl (C=O) groups is 1. The van der Waals surface area contributed by atoms with E-state index >= 15 is 0 Å². The van der Waals surface area contributed by atoms with E-state index in [1.54, 1.807) is 36.1 Å². The van der Waals surface area contributed by atoms with Gasteiger partial charge in [0.05, 0.1) is 12.2 Å². The molecule has 0 radical (unpaired) electrons. The van der Waals surface area contributed by atoms with Gasteiger partial charge in [-0.25, -0.2) is 13.1 Å².